The number of H-pyrrole nitrogens is 1. The van der Waals surface area contributed by atoms with E-state index in [1.807, 2.05) is 18.7 Å². The van der Waals surface area contributed by atoms with Gasteiger partial charge in [-0.1, -0.05) is 6.07 Å². The van der Waals surface area contributed by atoms with Gasteiger partial charge in [-0.3, -0.25) is 5.10 Å². The Labute approximate surface area is 167 Å². The summed E-state index contributed by atoms with van der Waals surface area (Å²) in [5.41, 5.74) is 0.473. The van der Waals surface area contributed by atoms with Gasteiger partial charge in [0.2, 0.25) is 5.88 Å². The van der Waals surface area contributed by atoms with Crippen LogP contribution in [0, 0.1) is 11.6 Å². The zero-order valence-electron chi connectivity index (χ0n) is 16.2. The van der Waals surface area contributed by atoms with E-state index >= 15 is 0 Å². The van der Waals surface area contributed by atoms with Gasteiger partial charge in [-0.2, -0.15) is 0 Å². The lowest BCUT2D eigenvalue weighted by atomic mass is 10.0. The van der Waals surface area contributed by atoms with E-state index < -0.39 is 11.6 Å². The Morgan fingerprint density at radius 3 is 2.86 bits per heavy atom. The van der Waals surface area contributed by atoms with Gasteiger partial charge in [0.05, 0.1) is 12.1 Å². The van der Waals surface area contributed by atoms with E-state index in [1.54, 1.807) is 12.1 Å². The minimum atomic E-state index is -0.579. The molecule has 9 heteroatoms. The minimum Gasteiger partial charge on any atom is -0.474 e. The molecule has 152 valence electrons. The summed E-state index contributed by atoms with van der Waals surface area (Å²) in [6.07, 6.45) is 3.14. The van der Waals surface area contributed by atoms with Crippen molar-refractivity contribution >= 4 is 17.5 Å². The number of anilines is 3. The SMILES string of the molecule is CC(C)Oc1cc(Nc2cc(N3CCCC3c3ccc(F)cc3F)ncn2)[nH]n1. The van der Waals surface area contributed by atoms with E-state index in [1.165, 1.54) is 18.5 Å². The molecule has 3 aromatic rings. The van der Waals surface area contributed by atoms with Crippen LogP contribution in [0.5, 0.6) is 5.88 Å². The Hall–Kier alpha value is -3.23. The standard InChI is InChI=1S/C20H22F2N6O/c1-12(2)29-20-10-18(26-27-20)25-17-9-19(24-11-23-17)28-7-3-4-16(28)14-6-5-13(21)8-15(14)22/h5-6,8-12,16H,3-4,7H2,1-2H3,(H2,23,24,25,26,27). The Bertz CT molecular complexity index is 993. The fourth-order valence-electron chi connectivity index (χ4n) is 3.52. The van der Waals surface area contributed by atoms with Crippen molar-refractivity contribution in [2.24, 2.45) is 0 Å². The van der Waals surface area contributed by atoms with Gasteiger partial charge in [-0.05, 0) is 32.8 Å². The predicted octanol–water partition coefficient (Wildman–Crippen LogP) is 4.35. The molecule has 0 radical (unpaired) electrons. The van der Waals surface area contributed by atoms with Crippen LogP contribution in [0.15, 0.2) is 36.7 Å². The lowest BCUT2D eigenvalue weighted by molar-refractivity contribution is 0.232. The van der Waals surface area contributed by atoms with Gasteiger partial charge in [0.25, 0.3) is 0 Å². The summed E-state index contributed by atoms with van der Waals surface area (Å²) in [6.45, 7) is 4.58. The monoisotopic (exact) mass is 400 g/mol. The summed E-state index contributed by atoms with van der Waals surface area (Å²) < 4.78 is 33.1. The molecule has 2 aromatic heterocycles. The second-order valence-corrected chi connectivity index (χ2v) is 7.19. The van der Waals surface area contributed by atoms with Gasteiger partial charge in [0.15, 0.2) is 0 Å². The number of benzene rings is 1. The van der Waals surface area contributed by atoms with Crippen molar-refractivity contribution in [3.8, 4) is 5.88 Å². The molecule has 4 rings (SSSR count). The summed E-state index contributed by atoms with van der Waals surface area (Å²) in [5, 5.41) is 10.1. The molecule has 1 unspecified atom stereocenters. The van der Waals surface area contributed by atoms with Crippen molar-refractivity contribution in [3.63, 3.8) is 0 Å². The lowest BCUT2D eigenvalue weighted by Gasteiger charge is -2.26. The number of ether oxygens (including phenoxy) is 1. The Balaban J connectivity index is 1.54. The number of aromatic nitrogens is 4. The van der Waals surface area contributed by atoms with Crippen LogP contribution >= 0.6 is 0 Å². The maximum absolute atomic E-state index is 14.3. The van der Waals surface area contributed by atoms with E-state index in [2.05, 4.69) is 25.5 Å². The van der Waals surface area contributed by atoms with Gasteiger partial charge < -0.3 is 15.0 Å². The zero-order valence-corrected chi connectivity index (χ0v) is 16.2. The molecule has 3 heterocycles. The van der Waals surface area contributed by atoms with Crippen molar-refractivity contribution in [3.05, 3.63) is 53.9 Å². The molecule has 1 aliphatic rings. The molecular formula is C20H22F2N6O. The average Bonchev–Trinajstić information content (AvgIpc) is 3.31. The fraction of sp³-hybridized carbons (Fsp3) is 0.350. The van der Waals surface area contributed by atoms with Crippen LogP contribution in [0.1, 0.15) is 38.3 Å². The van der Waals surface area contributed by atoms with Crippen LogP contribution in [-0.2, 0) is 0 Å². The van der Waals surface area contributed by atoms with Gasteiger partial charge >= 0.3 is 0 Å². The second kappa shape index (κ2) is 8.02. The molecule has 0 saturated carbocycles. The normalized spacial score (nSPS) is 16.4. The highest BCUT2D eigenvalue weighted by molar-refractivity contribution is 5.58. The van der Waals surface area contributed by atoms with Crippen LogP contribution in [0.3, 0.4) is 0 Å². The summed E-state index contributed by atoms with van der Waals surface area (Å²) in [4.78, 5) is 10.6. The number of hydrogen-bond acceptors (Lipinski definition) is 6. The molecule has 1 aromatic carbocycles. The van der Waals surface area contributed by atoms with Crippen LogP contribution in [-0.4, -0.2) is 32.8 Å². The molecule has 2 N–H and O–H groups in total. The van der Waals surface area contributed by atoms with Gasteiger partial charge in [0, 0.05) is 30.3 Å². The number of nitrogens with one attached hydrogen (secondary N) is 2. The van der Waals surface area contributed by atoms with Gasteiger partial charge in [-0.25, -0.2) is 18.7 Å². The quantitative estimate of drug-likeness (QED) is 0.640. The van der Waals surface area contributed by atoms with E-state index in [0.717, 1.165) is 25.5 Å². The predicted molar refractivity (Wildman–Crippen MR) is 105 cm³/mol. The molecular weight excluding hydrogens is 378 g/mol. The van der Waals surface area contributed by atoms with E-state index in [0.29, 0.717) is 28.9 Å². The summed E-state index contributed by atoms with van der Waals surface area (Å²) in [5.74, 6) is 1.25. The van der Waals surface area contributed by atoms with Gasteiger partial charge in [-0.15, -0.1) is 5.10 Å². The topological polar surface area (TPSA) is 79.0 Å². The third-order valence-electron chi connectivity index (χ3n) is 4.69. The molecule has 0 bridgehead atoms. The smallest absolute Gasteiger partial charge is 0.234 e. The number of rotatable bonds is 6. The highest BCUT2D eigenvalue weighted by Crippen LogP contribution is 2.37. The number of hydrogen-bond donors (Lipinski definition) is 2. The van der Waals surface area contributed by atoms with E-state index in [9.17, 15) is 8.78 Å². The molecule has 1 fully saturated rings. The molecule has 1 atom stereocenters. The van der Waals surface area contributed by atoms with Crippen LogP contribution < -0.4 is 15.0 Å². The minimum absolute atomic E-state index is 0.0239. The maximum Gasteiger partial charge on any atom is 0.234 e. The van der Waals surface area contributed by atoms with Crippen molar-refractivity contribution in [1.82, 2.24) is 20.2 Å². The third-order valence-corrected chi connectivity index (χ3v) is 4.69. The Kier molecular flexibility index (Phi) is 5.28. The van der Waals surface area contributed by atoms with E-state index in [4.69, 9.17) is 4.74 Å². The molecule has 1 saturated heterocycles. The average molecular weight is 400 g/mol. The molecule has 1 aliphatic heterocycles. The molecule has 7 nitrogen and oxygen atoms in total. The van der Waals surface area contributed by atoms with Crippen LogP contribution in [0.2, 0.25) is 0 Å². The fourth-order valence-corrected chi connectivity index (χ4v) is 3.52. The molecule has 29 heavy (non-hydrogen) atoms. The van der Waals surface area contributed by atoms with Crippen molar-refractivity contribution in [2.45, 2.75) is 38.8 Å². The Morgan fingerprint density at radius 2 is 2.07 bits per heavy atom. The molecule has 0 aliphatic carbocycles. The van der Waals surface area contributed by atoms with Crippen molar-refractivity contribution in [2.75, 3.05) is 16.8 Å². The number of nitrogens with zero attached hydrogens (tertiary/aromatic N) is 4. The van der Waals surface area contributed by atoms with Crippen LogP contribution in [0.25, 0.3) is 0 Å². The summed E-state index contributed by atoms with van der Waals surface area (Å²) in [6, 6.07) is 7.06. The Morgan fingerprint density at radius 1 is 1.21 bits per heavy atom. The summed E-state index contributed by atoms with van der Waals surface area (Å²) >= 11 is 0. The number of halogens is 2. The molecule has 0 spiro atoms. The first-order chi connectivity index (χ1) is 14.0. The van der Waals surface area contributed by atoms with Crippen molar-refractivity contribution in [1.29, 1.82) is 0 Å². The first-order valence-corrected chi connectivity index (χ1v) is 9.52. The first kappa shape index (κ1) is 19.1. The number of aromatic amines is 1. The second-order valence-electron chi connectivity index (χ2n) is 7.19. The highest BCUT2D eigenvalue weighted by Gasteiger charge is 2.29. The maximum atomic E-state index is 14.3. The summed E-state index contributed by atoms with van der Waals surface area (Å²) in [7, 11) is 0. The first-order valence-electron chi connectivity index (χ1n) is 9.52. The zero-order chi connectivity index (χ0) is 20.4. The lowest BCUT2D eigenvalue weighted by Crippen LogP contribution is -2.24. The van der Waals surface area contributed by atoms with Gasteiger partial charge in [0.1, 0.15) is 35.4 Å². The molecule has 0 amide bonds. The van der Waals surface area contributed by atoms with E-state index in [-0.39, 0.29) is 12.1 Å². The largest absolute Gasteiger partial charge is 0.474 e. The van der Waals surface area contributed by atoms with Crippen molar-refractivity contribution < 1.29 is 13.5 Å². The third kappa shape index (κ3) is 4.28. The highest BCUT2D eigenvalue weighted by atomic mass is 19.1. The van der Waals surface area contributed by atoms with Crippen LogP contribution in [0.4, 0.5) is 26.2 Å².